The number of fused-ring (bicyclic) bond motifs is 2. The van der Waals surface area contributed by atoms with E-state index in [4.69, 9.17) is 9.40 Å². The van der Waals surface area contributed by atoms with E-state index in [1.165, 1.54) is 11.3 Å². The van der Waals surface area contributed by atoms with Crippen molar-refractivity contribution in [3.05, 3.63) is 70.1 Å². The summed E-state index contributed by atoms with van der Waals surface area (Å²) in [6.07, 6.45) is 0. The van der Waals surface area contributed by atoms with Crippen molar-refractivity contribution in [2.24, 2.45) is 0 Å². The van der Waals surface area contributed by atoms with E-state index in [1.54, 1.807) is 23.1 Å². The van der Waals surface area contributed by atoms with Crippen molar-refractivity contribution in [2.75, 3.05) is 31.1 Å². The van der Waals surface area contributed by atoms with Crippen LogP contribution in [-0.4, -0.2) is 42.0 Å². The van der Waals surface area contributed by atoms with Gasteiger partial charge in [-0.3, -0.25) is 9.69 Å². The molecule has 0 radical (unpaired) electrons. The Hall–Kier alpha value is -2.74. The SMILES string of the molecule is CCN(CC)CCN(C(=O)c1cc2ccccc2oc1=O)c1nc2c(C)cccc2s1.Cl. The van der Waals surface area contributed by atoms with Crippen LogP contribution in [0, 0.1) is 6.92 Å². The minimum atomic E-state index is -0.631. The molecule has 0 bridgehead atoms. The van der Waals surface area contributed by atoms with Crippen molar-refractivity contribution in [1.29, 1.82) is 0 Å². The van der Waals surface area contributed by atoms with E-state index in [-0.39, 0.29) is 23.9 Å². The van der Waals surface area contributed by atoms with Gasteiger partial charge >= 0.3 is 5.63 Å². The molecule has 0 unspecified atom stereocenters. The number of hydrogen-bond acceptors (Lipinski definition) is 6. The van der Waals surface area contributed by atoms with Gasteiger partial charge in [-0.05, 0) is 43.8 Å². The molecule has 1 amide bonds. The number of carbonyl (C=O) groups excluding carboxylic acids is 1. The van der Waals surface area contributed by atoms with Crippen molar-refractivity contribution in [3.8, 4) is 0 Å². The van der Waals surface area contributed by atoms with Gasteiger partial charge in [-0.25, -0.2) is 9.78 Å². The van der Waals surface area contributed by atoms with Gasteiger partial charge in [-0.1, -0.05) is 55.5 Å². The Morgan fingerprint density at radius 3 is 2.53 bits per heavy atom. The Balaban J connectivity index is 0.00000289. The predicted octanol–water partition coefficient (Wildman–Crippen LogP) is 5.12. The molecule has 2 aromatic carbocycles. The fourth-order valence-corrected chi connectivity index (χ4v) is 4.68. The molecule has 6 nitrogen and oxygen atoms in total. The molecule has 168 valence electrons. The molecule has 2 aromatic heterocycles. The average molecular weight is 472 g/mol. The summed E-state index contributed by atoms with van der Waals surface area (Å²) < 4.78 is 6.43. The van der Waals surface area contributed by atoms with Crippen molar-refractivity contribution in [3.63, 3.8) is 0 Å². The van der Waals surface area contributed by atoms with Crippen molar-refractivity contribution in [1.82, 2.24) is 9.88 Å². The molecular formula is C24H26ClN3O3S. The Kier molecular flexibility index (Phi) is 7.66. The summed E-state index contributed by atoms with van der Waals surface area (Å²) in [5, 5.41) is 1.31. The number of rotatable bonds is 7. The zero-order valence-electron chi connectivity index (χ0n) is 18.3. The van der Waals surface area contributed by atoms with Crippen molar-refractivity contribution in [2.45, 2.75) is 20.8 Å². The highest BCUT2D eigenvalue weighted by Gasteiger charge is 2.25. The summed E-state index contributed by atoms with van der Waals surface area (Å²) in [6, 6.07) is 14.8. The van der Waals surface area contributed by atoms with Gasteiger partial charge in [0, 0.05) is 18.5 Å². The second-order valence-corrected chi connectivity index (χ2v) is 8.40. The molecule has 0 spiro atoms. The highest BCUT2D eigenvalue weighted by atomic mass is 35.5. The zero-order valence-corrected chi connectivity index (χ0v) is 20.0. The van der Waals surface area contributed by atoms with Gasteiger partial charge < -0.3 is 9.32 Å². The van der Waals surface area contributed by atoms with E-state index >= 15 is 0 Å². The molecule has 0 atom stereocenters. The average Bonchev–Trinajstić information content (AvgIpc) is 3.21. The highest BCUT2D eigenvalue weighted by molar-refractivity contribution is 7.22. The molecule has 32 heavy (non-hydrogen) atoms. The third-order valence-electron chi connectivity index (χ3n) is 5.49. The molecule has 8 heteroatoms. The number of hydrogen-bond donors (Lipinski definition) is 0. The number of aromatic nitrogens is 1. The number of halogens is 1. The number of thiazole rings is 1. The van der Waals surface area contributed by atoms with Crippen LogP contribution >= 0.6 is 23.7 Å². The predicted molar refractivity (Wildman–Crippen MR) is 134 cm³/mol. The third kappa shape index (κ3) is 4.70. The van der Waals surface area contributed by atoms with E-state index in [1.807, 2.05) is 37.3 Å². The van der Waals surface area contributed by atoms with Crippen LogP contribution in [0.1, 0.15) is 29.8 Å². The number of carbonyl (C=O) groups is 1. The van der Waals surface area contributed by atoms with Gasteiger partial charge in [-0.15, -0.1) is 12.4 Å². The van der Waals surface area contributed by atoms with Gasteiger partial charge in [-0.2, -0.15) is 0 Å². The first-order valence-electron chi connectivity index (χ1n) is 10.4. The van der Waals surface area contributed by atoms with Gasteiger partial charge in [0.25, 0.3) is 5.91 Å². The fraction of sp³-hybridized carbons (Fsp3) is 0.292. The second-order valence-electron chi connectivity index (χ2n) is 7.39. The van der Waals surface area contributed by atoms with E-state index in [0.717, 1.165) is 28.9 Å². The lowest BCUT2D eigenvalue weighted by Gasteiger charge is -2.24. The minimum Gasteiger partial charge on any atom is -0.422 e. The number of para-hydroxylation sites is 2. The highest BCUT2D eigenvalue weighted by Crippen LogP contribution is 2.31. The van der Waals surface area contributed by atoms with Crippen LogP contribution in [0.5, 0.6) is 0 Å². The molecule has 0 aliphatic carbocycles. The molecule has 0 fully saturated rings. The Morgan fingerprint density at radius 2 is 1.81 bits per heavy atom. The Morgan fingerprint density at radius 1 is 1.06 bits per heavy atom. The first kappa shape index (κ1) is 23.9. The summed E-state index contributed by atoms with van der Waals surface area (Å²) in [6.45, 7) is 9.08. The molecule has 0 N–H and O–H groups in total. The second kappa shape index (κ2) is 10.3. The van der Waals surface area contributed by atoms with Crippen LogP contribution in [0.25, 0.3) is 21.2 Å². The maximum Gasteiger partial charge on any atom is 0.349 e. The summed E-state index contributed by atoms with van der Waals surface area (Å²) in [7, 11) is 0. The topological polar surface area (TPSA) is 66.7 Å². The van der Waals surface area contributed by atoms with Crippen LogP contribution in [0.3, 0.4) is 0 Å². The number of likely N-dealkylation sites (N-methyl/N-ethyl adjacent to an activating group) is 1. The minimum absolute atomic E-state index is 0. The van der Waals surface area contributed by atoms with Gasteiger partial charge in [0.1, 0.15) is 11.1 Å². The molecule has 4 rings (SSSR count). The number of aryl methyl sites for hydroxylation is 1. The van der Waals surface area contributed by atoms with Crippen LogP contribution in [0.2, 0.25) is 0 Å². The van der Waals surface area contributed by atoms with Crippen molar-refractivity contribution >= 4 is 56.0 Å². The number of benzene rings is 2. The normalized spacial score (nSPS) is 11.1. The monoisotopic (exact) mass is 471 g/mol. The fourth-order valence-electron chi connectivity index (χ4n) is 3.61. The van der Waals surface area contributed by atoms with Gasteiger partial charge in [0.2, 0.25) is 0 Å². The first-order valence-corrected chi connectivity index (χ1v) is 11.3. The number of nitrogens with zero attached hydrogens (tertiary/aromatic N) is 3. The largest absolute Gasteiger partial charge is 0.422 e. The summed E-state index contributed by atoms with van der Waals surface area (Å²) in [4.78, 5) is 34.8. The smallest absolute Gasteiger partial charge is 0.349 e. The quantitative estimate of drug-likeness (QED) is 0.350. The van der Waals surface area contributed by atoms with Crippen LogP contribution in [0.15, 0.2) is 57.7 Å². The van der Waals surface area contributed by atoms with E-state index in [9.17, 15) is 9.59 Å². The summed E-state index contributed by atoms with van der Waals surface area (Å²) in [5.74, 6) is -0.386. The maximum absolute atomic E-state index is 13.6. The molecule has 0 saturated carbocycles. The molecular weight excluding hydrogens is 446 g/mol. The lowest BCUT2D eigenvalue weighted by molar-refractivity contribution is 0.0980. The lowest BCUT2D eigenvalue weighted by Crippen LogP contribution is -2.40. The van der Waals surface area contributed by atoms with Gasteiger partial charge in [0.15, 0.2) is 5.13 Å². The Bertz CT molecular complexity index is 1300. The van der Waals surface area contributed by atoms with E-state index in [0.29, 0.717) is 29.2 Å². The molecule has 2 heterocycles. The molecule has 0 aliphatic heterocycles. The van der Waals surface area contributed by atoms with Crippen LogP contribution < -0.4 is 10.5 Å². The molecule has 0 aliphatic rings. The summed E-state index contributed by atoms with van der Waals surface area (Å²) >= 11 is 1.46. The zero-order chi connectivity index (χ0) is 22.0. The van der Waals surface area contributed by atoms with E-state index in [2.05, 4.69) is 18.7 Å². The molecule has 4 aromatic rings. The summed E-state index contributed by atoms with van der Waals surface area (Å²) in [5.41, 5.74) is 1.80. The van der Waals surface area contributed by atoms with Crippen LogP contribution in [-0.2, 0) is 0 Å². The third-order valence-corrected chi connectivity index (χ3v) is 6.54. The number of anilines is 1. The van der Waals surface area contributed by atoms with Crippen molar-refractivity contribution < 1.29 is 9.21 Å². The van der Waals surface area contributed by atoms with E-state index < -0.39 is 5.63 Å². The standard InChI is InChI=1S/C24H25N3O3S.ClH/c1-4-26(5-2)13-14-27(24-25-21-16(3)9-8-12-20(21)31-24)22(28)18-15-17-10-6-7-11-19(17)30-23(18)29;/h6-12,15H,4-5,13-14H2,1-3H3;1H. The maximum atomic E-state index is 13.6. The van der Waals surface area contributed by atoms with Crippen LogP contribution in [0.4, 0.5) is 5.13 Å². The first-order chi connectivity index (χ1) is 15.0. The van der Waals surface area contributed by atoms with Gasteiger partial charge in [0.05, 0.1) is 10.2 Å². The Labute approximate surface area is 196 Å². The number of amides is 1. The lowest BCUT2D eigenvalue weighted by atomic mass is 10.1. The molecule has 0 saturated heterocycles.